The molecule has 0 saturated carbocycles. The third kappa shape index (κ3) is 1.82. The number of carbonyl (C=O) groups is 1. The van der Waals surface area contributed by atoms with Crippen LogP contribution in [0.5, 0.6) is 0 Å². The Morgan fingerprint density at radius 1 is 1.17 bits per heavy atom. The molecule has 90 valence electrons. The minimum Gasteiger partial charge on any atom is -0.294 e. The van der Waals surface area contributed by atoms with Crippen molar-refractivity contribution in [2.45, 2.75) is 12.8 Å². The Bertz CT molecular complexity index is 584. The molecule has 3 rings (SSSR count). The van der Waals surface area contributed by atoms with E-state index in [-0.39, 0.29) is 17.3 Å². The Kier molecular flexibility index (Phi) is 2.67. The predicted octanol–water partition coefficient (Wildman–Crippen LogP) is 2.82. The molecule has 0 atom stereocenters. The largest absolute Gasteiger partial charge is 0.294 e. The van der Waals surface area contributed by atoms with Crippen LogP contribution < -0.4 is 0 Å². The molecule has 2 aromatic rings. The van der Waals surface area contributed by atoms with E-state index in [1.807, 2.05) is 24.3 Å². The summed E-state index contributed by atoms with van der Waals surface area (Å²) in [6, 6.07) is 9.47. The van der Waals surface area contributed by atoms with Crippen LogP contribution in [0.1, 0.15) is 21.5 Å². The van der Waals surface area contributed by atoms with E-state index in [0.29, 0.717) is 12.8 Å². The van der Waals surface area contributed by atoms with Crippen LogP contribution >= 0.6 is 0 Å². The zero-order valence-electron chi connectivity index (χ0n) is 9.77. The number of rotatable bonds is 2. The minimum absolute atomic E-state index is 0.119. The maximum Gasteiger partial charge on any atom is 0.169 e. The Labute approximate surface area is 104 Å². The molecule has 0 spiro atoms. The van der Waals surface area contributed by atoms with Gasteiger partial charge in [0.25, 0.3) is 0 Å². The molecule has 1 aliphatic rings. The molecule has 18 heavy (non-hydrogen) atoms. The number of ketones is 1. The molecule has 0 amide bonds. The highest BCUT2D eigenvalue weighted by Gasteiger charge is 2.29. The first-order valence-corrected chi connectivity index (χ1v) is 5.96. The summed E-state index contributed by atoms with van der Waals surface area (Å²) in [5, 5.41) is 0. The average molecular weight is 241 g/mol. The number of halogens is 1. The maximum absolute atomic E-state index is 13.5. The molecule has 1 aliphatic carbocycles. The van der Waals surface area contributed by atoms with E-state index in [4.69, 9.17) is 0 Å². The molecule has 0 saturated heterocycles. The van der Waals surface area contributed by atoms with Crippen molar-refractivity contribution < 1.29 is 9.18 Å². The lowest BCUT2D eigenvalue weighted by atomic mass is 9.95. The van der Waals surface area contributed by atoms with Crippen LogP contribution in [0.3, 0.4) is 0 Å². The van der Waals surface area contributed by atoms with Crippen LogP contribution in [0.4, 0.5) is 4.39 Å². The predicted molar refractivity (Wildman–Crippen MR) is 65.9 cm³/mol. The lowest BCUT2D eigenvalue weighted by Gasteiger charge is -2.08. The maximum atomic E-state index is 13.5. The van der Waals surface area contributed by atoms with Crippen molar-refractivity contribution in [2.75, 3.05) is 0 Å². The fourth-order valence-corrected chi connectivity index (χ4v) is 2.54. The van der Waals surface area contributed by atoms with Gasteiger partial charge in [-0.1, -0.05) is 24.3 Å². The Morgan fingerprint density at radius 2 is 1.83 bits per heavy atom. The number of Topliss-reactive ketones (excluding diaryl/α,β-unsaturated/α-hetero) is 1. The number of nitrogens with zero attached hydrogens (tertiary/aromatic N) is 1. The van der Waals surface area contributed by atoms with Crippen LogP contribution in [-0.4, -0.2) is 10.8 Å². The van der Waals surface area contributed by atoms with E-state index in [1.165, 1.54) is 23.4 Å². The van der Waals surface area contributed by atoms with E-state index in [2.05, 4.69) is 4.98 Å². The second-order valence-electron chi connectivity index (χ2n) is 4.59. The number of fused-ring (bicyclic) bond motifs is 1. The summed E-state index contributed by atoms with van der Waals surface area (Å²) in [4.78, 5) is 15.9. The molecule has 1 aromatic carbocycles. The smallest absolute Gasteiger partial charge is 0.169 e. The van der Waals surface area contributed by atoms with Crippen LogP contribution in [0.25, 0.3) is 0 Å². The molecule has 2 nitrogen and oxygen atoms in total. The third-order valence-electron chi connectivity index (χ3n) is 3.46. The quantitative estimate of drug-likeness (QED) is 0.757. The summed E-state index contributed by atoms with van der Waals surface area (Å²) >= 11 is 0. The minimum atomic E-state index is -0.529. The number of hydrogen-bond acceptors (Lipinski definition) is 2. The normalized spacial score (nSPS) is 14.5. The van der Waals surface area contributed by atoms with Crippen LogP contribution in [0.2, 0.25) is 0 Å². The molecular weight excluding hydrogens is 229 g/mol. The van der Waals surface area contributed by atoms with Crippen molar-refractivity contribution in [1.82, 2.24) is 4.98 Å². The topological polar surface area (TPSA) is 30.0 Å². The Hall–Kier alpha value is -2.03. The highest BCUT2D eigenvalue weighted by atomic mass is 19.1. The lowest BCUT2D eigenvalue weighted by molar-refractivity contribution is 0.0920. The van der Waals surface area contributed by atoms with Crippen LogP contribution in [0.15, 0.2) is 42.7 Å². The van der Waals surface area contributed by atoms with Gasteiger partial charge < -0.3 is 0 Å². The summed E-state index contributed by atoms with van der Waals surface area (Å²) in [7, 11) is 0. The second-order valence-corrected chi connectivity index (χ2v) is 4.59. The number of pyridine rings is 1. The SMILES string of the molecule is O=C(c1ccncc1F)C1Cc2ccccc2C1. The summed E-state index contributed by atoms with van der Waals surface area (Å²) in [6.07, 6.45) is 3.96. The summed E-state index contributed by atoms with van der Waals surface area (Å²) < 4.78 is 13.5. The first-order valence-electron chi connectivity index (χ1n) is 5.96. The molecule has 0 fully saturated rings. The van der Waals surface area contributed by atoms with Crippen molar-refractivity contribution in [3.8, 4) is 0 Å². The van der Waals surface area contributed by atoms with Crippen molar-refractivity contribution >= 4 is 5.78 Å². The fraction of sp³-hybridized carbons (Fsp3) is 0.200. The molecule has 1 heterocycles. The Morgan fingerprint density at radius 3 is 2.44 bits per heavy atom. The van der Waals surface area contributed by atoms with Gasteiger partial charge in [-0.3, -0.25) is 9.78 Å². The van der Waals surface area contributed by atoms with Gasteiger partial charge >= 0.3 is 0 Å². The zero-order chi connectivity index (χ0) is 12.5. The standard InChI is InChI=1S/C15H12FNO/c16-14-9-17-6-5-13(14)15(18)12-7-10-3-1-2-4-11(10)8-12/h1-6,9,12H,7-8H2. The van der Waals surface area contributed by atoms with Crippen molar-refractivity contribution in [3.63, 3.8) is 0 Å². The Balaban J connectivity index is 1.87. The molecule has 0 aliphatic heterocycles. The molecule has 0 radical (unpaired) electrons. The molecule has 0 bridgehead atoms. The number of aromatic nitrogens is 1. The third-order valence-corrected chi connectivity index (χ3v) is 3.46. The van der Waals surface area contributed by atoms with Crippen LogP contribution in [-0.2, 0) is 12.8 Å². The van der Waals surface area contributed by atoms with Crippen LogP contribution in [0, 0.1) is 11.7 Å². The van der Waals surface area contributed by atoms with E-state index in [0.717, 1.165) is 6.20 Å². The molecular formula is C15H12FNO. The zero-order valence-corrected chi connectivity index (χ0v) is 9.77. The fourth-order valence-electron chi connectivity index (χ4n) is 2.54. The highest BCUT2D eigenvalue weighted by Crippen LogP contribution is 2.29. The van der Waals surface area contributed by atoms with E-state index in [1.54, 1.807) is 0 Å². The number of benzene rings is 1. The lowest BCUT2D eigenvalue weighted by Crippen LogP contribution is -2.16. The van der Waals surface area contributed by atoms with Gasteiger partial charge in [0.05, 0.1) is 11.8 Å². The van der Waals surface area contributed by atoms with Gasteiger partial charge in [0.15, 0.2) is 11.6 Å². The first-order chi connectivity index (χ1) is 8.75. The van der Waals surface area contributed by atoms with Gasteiger partial charge in [0.1, 0.15) is 0 Å². The number of carbonyl (C=O) groups excluding carboxylic acids is 1. The average Bonchev–Trinajstić information content (AvgIpc) is 2.82. The van der Waals surface area contributed by atoms with Crippen molar-refractivity contribution in [3.05, 3.63) is 65.2 Å². The van der Waals surface area contributed by atoms with Crippen molar-refractivity contribution in [2.24, 2.45) is 5.92 Å². The summed E-state index contributed by atoms with van der Waals surface area (Å²) in [5.41, 5.74) is 2.55. The molecule has 1 aromatic heterocycles. The van der Waals surface area contributed by atoms with Gasteiger partial charge in [0.2, 0.25) is 0 Å². The van der Waals surface area contributed by atoms with E-state index in [9.17, 15) is 9.18 Å². The van der Waals surface area contributed by atoms with Gasteiger partial charge in [-0.15, -0.1) is 0 Å². The second kappa shape index (κ2) is 4.33. The molecule has 0 N–H and O–H groups in total. The van der Waals surface area contributed by atoms with Gasteiger partial charge in [-0.25, -0.2) is 4.39 Å². The molecule has 0 unspecified atom stereocenters. The van der Waals surface area contributed by atoms with E-state index >= 15 is 0 Å². The number of hydrogen-bond donors (Lipinski definition) is 0. The summed E-state index contributed by atoms with van der Waals surface area (Å²) in [6.45, 7) is 0. The van der Waals surface area contributed by atoms with E-state index < -0.39 is 5.82 Å². The highest BCUT2D eigenvalue weighted by molar-refractivity contribution is 5.98. The summed E-state index contributed by atoms with van der Waals surface area (Å²) in [5.74, 6) is -0.788. The first kappa shape index (κ1) is 11.1. The van der Waals surface area contributed by atoms with Gasteiger partial charge in [0, 0.05) is 12.1 Å². The van der Waals surface area contributed by atoms with Crippen molar-refractivity contribution in [1.29, 1.82) is 0 Å². The van der Waals surface area contributed by atoms with Gasteiger partial charge in [-0.05, 0) is 30.0 Å². The van der Waals surface area contributed by atoms with Gasteiger partial charge in [-0.2, -0.15) is 0 Å². The monoisotopic (exact) mass is 241 g/mol. The molecule has 3 heteroatoms.